The quantitative estimate of drug-likeness (QED) is 0.122. The Labute approximate surface area is 360 Å². The SMILES string of the molecule is CC(C)(C1=CC=CCC1)c1cc(C(C)(C)c2ccccc2)cc2c1OP(OCc1ccccc1)Oc1c(cc(C(C)(C)c3ccccc3)cc1C(C)(C)c1ccccc1)C2. The summed E-state index contributed by atoms with van der Waals surface area (Å²) in [7, 11) is -1.92. The van der Waals surface area contributed by atoms with Crippen LogP contribution in [0.1, 0.15) is 124 Å². The highest BCUT2D eigenvalue weighted by molar-refractivity contribution is 7.42. The molecule has 0 saturated carbocycles. The molecule has 0 fully saturated rings. The average molecular weight is 811 g/mol. The maximum absolute atomic E-state index is 7.31. The first-order valence-electron chi connectivity index (χ1n) is 21.5. The van der Waals surface area contributed by atoms with Crippen molar-refractivity contribution in [3.8, 4) is 11.5 Å². The van der Waals surface area contributed by atoms with Gasteiger partial charge in [-0.25, -0.2) is 0 Å². The van der Waals surface area contributed by atoms with Crippen molar-refractivity contribution in [2.75, 3.05) is 0 Å². The summed E-state index contributed by atoms with van der Waals surface area (Å²) in [6.45, 7) is 19.1. The normalized spacial score (nSPS) is 15.7. The van der Waals surface area contributed by atoms with Crippen LogP contribution in [-0.4, -0.2) is 0 Å². The van der Waals surface area contributed by atoms with Crippen molar-refractivity contribution in [1.82, 2.24) is 0 Å². The van der Waals surface area contributed by atoms with Gasteiger partial charge in [-0.05, 0) is 57.3 Å². The third-order valence-electron chi connectivity index (χ3n) is 13.3. The summed E-state index contributed by atoms with van der Waals surface area (Å²) < 4.78 is 21.4. The maximum Gasteiger partial charge on any atom is 0.463 e. The Morgan fingerprint density at radius 2 is 0.933 bits per heavy atom. The van der Waals surface area contributed by atoms with E-state index < -0.39 is 14.0 Å². The summed E-state index contributed by atoms with van der Waals surface area (Å²) in [5.74, 6) is 1.71. The topological polar surface area (TPSA) is 27.7 Å². The van der Waals surface area contributed by atoms with Gasteiger partial charge in [0.05, 0.1) is 6.61 Å². The molecular weight excluding hydrogens is 752 g/mol. The average Bonchev–Trinajstić information content (AvgIpc) is 3.27. The molecule has 0 spiro atoms. The van der Waals surface area contributed by atoms with Gasteiger partial charge in [-0.2, -0.15) is 0 Å². The van der Waals surface area contributed by atoms with E-state index in [2.05, 4.69) is 213 Å². The molecule has 6 aromatic carbocycles. The zero-order chi connectivity index (χ0) is 42.1. The number of fused-ring (bicyclic) bond motifs is 2. The summed E-state index contributed by atoms with van der Waals surface area (Å²) in [4.78, 5) is 0. The van der Waals surface area contributed by atoms with Gasteiger partial charge in [0.1, 0.15) is 11.5 Å². The molecular formula is C56H59O3P. The monoisotopic (exact) mass is 810 g/mol. The number of hydrogen-bond donors (Lipinski definition) is 0. The Morgan fingerprint density at radius 3 is 1.38 bits per heavy atom. The lowest BCUT2D eigenvalue weighted by Crippen LogP contribution is -2.27. The summed E-state index contributed by atoms with van der Waals surface area (Å²) in [5.41, 5.74) is 12.0. The van der Waals surface area contributed by atoms with Crippen LogP contribution in [0, 0.1) is 0 Å². The Hall–Kier alpha value is -5.21. The van der Waals surface area contributed by atoms with E-state index in [1.54, 1.807) is 0 Å². The first-order valence-corrected chi connectivity index (χ1v) is 22.6. The van der Waals surface area contributed by atoms with Crippen LogP contribution in [0.4, 0.5) is 0 Å². The molecule has 0 aromatic heterocycles. The highest BCUT2D eigenvalue weighted by Gasteiger charge is 2.39. The molecule has 0 amide bonds. The molecule has 1 unspecified atom stereocenters. The number of hydrogen-bond acceptors (Lipinski definition) is 3. The lowest BCUT2D eigenvalue weighted by Gasteiger charge is -2.38. The number of benzene rings is 6. The lowest BCUT2D eigenvalue weighted by molar-refractivity contribution is 0.251. The van der Waals surface area contributed by atoms with Crippen molar-refractivity contribution >= 4 is 8.60 Å². The van der Waals surface area contributed by atoms with Crippen LogP contribution < -0.4 is 9.05 Å². The fourth-order valence-corrected chi connectivity index (χ4v) is 10.1. The van der Waals surface area contributed by atoms with Gasteiger partial charge in [-0.1, -0.05) is 225 Å². The van der Waals surface area contributed by atoms with Crippen molar-refractivity contribution in [1.29, 1.82) is 0 Å². The van der Waals surface area contributed by atoms with E-state index in [1.807, 2.05) is 6.07 Å². The van der Waals surface area contributed by atoms with E-state index in [4.69, 9.17) is 13.6 Å². The van der Waals surface area contributed by atoms with Gasteiger partial charge in [0.15, 0.2) is 0 Å². The molecule has 1 aliphatic carbocycles. The number of allylic oxidation sites excluding steroid dienone is 4. The second-order valence-electron chi connectivity index (χ2n) is 18.6. The van der Waals surface area contributed by atoms with Crippen LogP contribution in [0.25, 0.3) is 0 Å². The van der Waals surface area contributed by atoms with E-state index in [9.17, 15) is 0 Å². The minimum atomic E-state index is -1.92. The zero-order valence-electron chi connectivity index (χ0n) is 36.6. The van der Waals surface area contributed by atoms with Crippen molar-refractivity contribution in [2.24, 2.45) is 0 Å². The Morgan fingerprint density at radius 1 is 0.500 bits per heavy atom. The highest BCUT2D eigenvalue weighted by Crippen LogP contribution is 2.55. The van der Waals surface area contributed by atoms with Gasteiger partial charge in [0.2, 0.25) is 0 Å². The molecule has 8 rings (SSSR count). The standard InChI is InChI=1S/C56H59O3P/c1-53(2,43-26-16-10-17-27-43)47-35-41-34-42-36-48(54(3,4)44-28-18-11-19-29-44)38-50(56(7,8)46-32-22-13-23-33-46)52(42)59-60(57-39-40-24-14-9-15-25-40)58-51(41)49(37-47)55(5,6)45-30-20-12-21-31-45/h9-22,24-32,35-38H,23,33-34,39H2,1-8H3. The predicted molar refractivity (Wildman–Crippen MR) is 250 cm³/mol. The van der Waals surface area contributed by atoms with E-state index in [0.717, 1.165) is 52.2 Å². The fourth-order valence-electron chi connectivity index (χ4n) is 8.98. The summed E-state index contributed by atoms with van der Waals surface area (Å²) in [5, 5.41) is 0. The molecule has 4 heteroatoms. The Bertz CT molecular complexity index is 2500. The minimum Gasteiger partial charge on any atom is -0.417 e. The molecule has 0 radical (unpaired) electrons. The predicted octanol–water partition coefficient (Wildman–Crippen LogP) is 15.0. The molecule has 60 heavy (non-hydrogen) atoms. The zero-order valence-corrected chi connectivity index (χ0v) is 37.5. The van der Waals surface area contributed by atoms with Crippen LogP contribution in [0.3, 0.4) is 0 Å². The maximum atomic E-state index is 7.31. The van der Waals surface area contributed by atoms with Crippen molar-refractivity contribution in [2.45, 2.75) is 103 Å². The summed E-state index contributed by atoms with van der Waals surface area (Å²) >= 11 is 0. The largest absolute Gasteiger partial charge is 0.463 e. The lowest BCUT2D eigenvalue weighted by atomic mass is 9.70. The van der Waals surface area contributed by atoms with E-state index in [0.29, 0.717) is 13.0 Å². The molecule has 1 heterocycles. The molecule has 6 aromatic rings. The van der Waals surface area contributed by atoms with Crippen LogP contribution in [0.2, 0.25) is 0 Å². The van der Waals surface area contributed by atoms with Crippen molar-refractivity contribution in [3.63, 3.8) is 0 Å². The van der Waals surface area contributed by atoms with E-state index >= 15 is 0 Å². The van der Waals surface area contributed by atoms with E-state index in [1.165, 1.54) is 33.4 Å². The summed E-state index contributed by atoms with van der Waals surface area (Å²) in [6, 6.07) is 52.5. The molecule has 2 aliphatic rings. The van der Waals surface area contributed by atoms with Crippen molar-refractivity contribution < 1.29 is 13.6 Å². The minimum absolute atomic E-state index is 0.282. The molecule has 0 N–H and O–H groups in total. The smallest absolute Gasteiger partial charge is 0.417 e. The number of rotatable bonds is 11. The van der Waals surface area contributed by atoms with Crippen LogP contribution in [0.5, 0.6) is 11.5 Å². The Kier molecular flexibility index (Phi) is 11.5. The fraction of sp³-hybridized carbons (Fsp3) is 0.286. The molecule has 0 bridgehead atoms. The van der Waals surface area contributed by atoms with Gasteiger partial charge < -0.3 is 9.05 Å². The Balaban J connectivity index is 1.40. The van der Waals surface area contributed by atoms with Crippen LogP contribution in [0.15, 0.2) is 169 Å². The second-order valence-corrected chi connectivity index (χ2v) is 19.7. The molecule has 3 nitrogen and oxygen atoms in total. The molecule has 1 aliphatic heterocycles. The van der Waals surface area contributed by atoms with Gasteiger partial charge in [-0.15, -0.1) is 0 Å². The summed E-state index contributed by atoms with van der Waals surface area (Å²) in [6.07, 6.45) is 9.44. The van der Waals surface area contributed by atoms with Gasteiger partial charge in [0.25, 0.3) is 0 Å². The third-order valence-corrected chi connectivity index (χ3v) is 14.3. The van der Waals surface area contributed by atoms with Crippen LogP contribution >= 0.6 is 8.60 Å². The second kappa shape index (κ2) is 16.7. The molecule has 1 atom stereocenters. The van der Waals surface area contributed by atoms with Crippen LogP contribution in [-0.2, 0) is 39.2 Å². The van der Waals surface area contributed by atoms with Gasteiger partial charge in [0, 0.05) is 39.2 Å². The van der Waals surface area contributed by atoms with Gasteiger partial charge in [-0.3, -0.25) is 4.52 Å². The molecule has 0 saturated heterocycles. The third kappa shape index (κ3) is 8.15. The molecule has 306 valence electrons. The highest BCUT2D eigenvalue weighted by atomic mass is 31.2. The first-order chi connectivity index (χ1) is 28.8. The van der Waals surface area contributed by atoms with E-state index in [-0.39, 0.29) is 16.2 Å². The van der Waals surface area contributed by atoms with Crippen molar-refractivity contribution in [3.05, 3.63) is 225 Å². The first kappa shape index (κ1) is 41.5. The van der Waals surface area contributed by atoms with Gasteiger partial charge >= 0.3 is 8.60 Å².